The van der Waals surface area contributed by atoms with Crippen LogP contribution in [-0.2, 0) is 11.2 Å². The molecule has 0 aliphatic carbocycles. The zero-order chi connectivity index (χ0) is 18.4. The molecule has 0 radical (unpaired) electrons. The fraction of sp³-hybridized carbons (Fsp3) is 0.0952. The minimum Gasteiger partial charge on any atom is -0.457 e. The SMILES string of the molecule is O=C(CCc1cccc(Oc2ccc(F)cc2)c1)Nc1ccc(F)cc1. The van der Waals surface area contributed by atoms with E-state index in [1.54, 1.807) is 18.2 Å². The fourth-order valence-corrected chi connectivity index (χ4v) is 2.42. The van der Waals surface area contributed by atoms with E-state index in [1.165, 1.54) is 36.4 Å². The third-order valence-corrected chi connectivity index (χ3v) is 3.72. The van der Waals surface area contributed by atoms with Crippen molar-refractivity contribution < 1.29 is 18.3 Å². The maximum atomic E-state index is 12.9. The van der Waals surface area contributed by atoms with Gasteiger partial charge < -0.3 is 10.1 Å². The molecule has 0 spiro atoms. The second kappa shape index (κ2) is 8.25. The Morgan fingerprint density at radius 1 is 0.846 bits per heavy atom. The summed E-state index contributed by atoms with van der Waals surface area (Å²) in [5.74, 6) is 0.339. The van der Waals surface area contributed by atoms with Crippen LogP contribution in [0.15, 0.2) is 72.8 Å². The predicted octanol–water partition coefficient (Wildman–Crippen LogP) is 5.33. The fourth-order valence-electron chi connectivity index (χ4n) is 2.42. The van der Waals surface area contributed by atoms with E-state index in [1.807, 2.05) is 18.2 Å². The van der Waals surface area contributed by atoms with Crippen molar-refractivity contribution in [2.75, 3.05) is 5.32 Å². The van der Waals surface area contributed by atoms with Crippen LogP contribution in [0.1, 0.15) is 12.0 Å². The summed E-state index contributed by atoms with van der Waals surface area (Å²) in [4.78, 5) is 12.0. The summed E-state index contributed by atoms with van der Waals surface area (Å²) in [5.41, 5.74) is 1.50. The van der Waals surface area contributed by atoms with Crippen molar-refractivity contribution >= 4 is 11.6 Å². The van der Waals surface area contributed by atoms with Crippen molar-refractivity contribution in [3.63, 3.8) is 0 Å². The van der Waals surface area contributed by atoms with Crippen LogP contribution in [0.3, 0.4) is 0 Å². The molecule has 0 aliphatic rings. The normalized spacial score (nSPS) is 10.4. The lowest BCUT2D eigenvalue weighted by Gasteiger charge is -2.08. The van der Waals surface area contributed by atoms with E-state index in [-0.39, 0.29) is 24.0 Å². The van der Waals surface area contributed by atoms with Crippen molar-refractivity contribution in [3.05, 3.63) is 90.0 Å². The number of ether oxygens (including phenoxy) is 1. The third-order valence-electron chi connectivity index (χ3n) is 3.72. The average Bonchev–Trinajstić information content (AvgIpc) is 2.64. The predicted molar refractivity (Wildman–Crippen MR) is 96.3 cm³/mol. The van der Waals surface area contributed by atoms with Crippen LogP contribution in [0.4, 0.5) is 14.5 Å². The van der Waals surface area contributed by atoms with E-state index in [9.17, 15) is 13.6 Å². The molecular formula is C21H17F2NO2. The number of nitrogens with one attached hydrogen (secondary N) is 1. The highest BCUT2D eigenvalue weighted by molar-refractivity contribution is 5.90. The van der Waals surface area contributed by atoms with Gasteiger partial charge >= 0.3 is 0 Å². The van der Waals surface area contributed by atoms with Crippen molar-refractivity contribution in [1.29, 1.82) is 0 Å². The number of amides is 1. The molecule has 0 bridgehead atoms. The van der Waals surface area contributed by atoms with Crippen LogP contribution >= 0.6 is 0 Å². The molecule has 3 aromatic carbocycles. The number of benzene rings is 3. The molecule has 0 unspecified atom stereocenters. The van der Waals surface area contributed by atoms with Gasteiger partial charge in [0.2, 0.25) is 5.91 Å². The van der Waals surface area contributed by atoms with Crippen molar-refractivity contribution in [2.24, 2.45) is 0 Å². The van der Waals surface area contributed by atoms with Gasteiger partial charge in [0, 0.05) is 12.1 Å². The minimum atomic E-state index is -0.346. The highest BCUT2D eigenvalue weighted by Gasteiger charge is 2.05. The topological polar surface area (TPSA) is 38.3 Å². The number of rotatable bonds is 6. The van der Waals surface area contributed by atoms with E-state index in [0.717, 1.165) is 5.56 Å². The minimum absolute atomic E-state index is 0.151. The molecule has 0 saturated carbocycles. The van der Waals surface area contributed by atoms with Crippen LogP contribution < -0.4 is 10.1 Å². The Morgan fingerprint density at radius 2 is 1.50 bits per heavy atom. The summed E-state index contributed by atoms with van der Waals surface area (Å²) in [6.07, 6.45) is 0.824. The lowest BCUT2D eigenvalue weighted by atomic mass is 10.1. The van der Waals surface area contributed by atoms with E-state index in [0.29, 0.717) is 23.6 Å². The molecule has 0 aliphatic heterocycles. The van der Waals surface area contributed by atoms with Crippen molar-refractivity contribution in [2.45, 2.75) is 12.8 Å². The Morgan fingerprint density at radius 3 is 2.19 bits per heavy atom. The van der Waals surface area contributed by atoms with Gasteiger partial charge in [-0.15, -0.1) is 0 Å². The lowest BCUT2D eigenvalue weighted by Crippen LogP contribution is -2.12. The first-order valence-corrected chi connectivity index (χ1v) is 8.16. The quantitative estimate of drug-likeness (QED) is 0.651. The summed E-state index contributed by atoms with van der Waals surface area (Å²) < 4.78 is 31.5. The van der Waals surface area contributed by atoms with E-state index in [2.05, 4.69) is 5.32 Å². The highest BCUT2D eigenvalue weighted by atomic mass is 19.1. The first-order valence-electron chi connectivity index (χ1n) is 8.16. The second-order valence-electron chi connectivity index (χ2n) is 5.76. The molecule has 0 heterocycles. The molecule has 1 amide bonds. The largest absolute Gasteiger partial charge is 0.457 e. The molecule has 26 heavy (non-hydrogen) atoms. The van der Waals surface area contributed by atoms with Gasteiger partial charge in [-0.25, -0.2) is 8.78 Å². The van der Waals surface area contributed by atoms with Crippen LogP contribution in [0, 0.1) is 11.6 Å². The van der Waals surface area contributed by atoms with Crippen LogP contribution in [0.2, 0.25) is 0 Å². The van der Waals surface area contributed by atoms with Gasteiger partial charge in [0.25, 0.3) is 0 Å². The number of carbonyl (C=O) groups is 1. The van der Waals surface area contributed by atoms with Gasteiger partial charge in [0.05, 0.1) is 0 Å². The van der Waals surface area contributed by atoms with E-state index in [4.69, 9.17) is 4.74 Å². The molecule has 0 fully saturated rings. The van der Waals surface area contributed by atoms with E-state index >= 15 is 0 Å². The van der Waals surface area contributed by atoms with Crippen LogP contribution in [0.5, 0.6) is 11.5 Å². The molecule has 5 heteroatoms. The summed E-state index contributed by atoms with van der Waals surface area (Å²) >= 11 is 0. The Kier molecular flexibility index (Phi) is 5.59. The number of hydrogen-bond acceptors (Lipinski definition) is 2. The summed E-state index contributed by atoms with van der Waals surface area (Å²) in [6.45, 7) is 0. The Labute approximate surface area is 150 Å². The molecule has 1 N–H and O–H groups in total. The molecule has 3 nitrogen and oxygen atoms in total. The monoisotopic (exact) mass is 353 g/mol. The number of hydrogen-bond donors (Lipinski definition) is 1. The van der Waals surface area contributed by atoms with Gasteiger partial charge in [-0.3, -0.25) is 4.79 Å². The Hall–Kier alpha value is -3.21. The number of carbonyl (C=O) groups excluding carboxylic acids is 1. The highest BCUT2D eigenvalue weighted by Crippen LogP contribution is 2.23. The van der Waals surface area contributed by atoms with Gasteiger partial charge in [0.1, 0.15) is 23.1 Å². The number of aryl methyl sites for hydroxylation is 1. The van der Waals surface area contributed by atoms with Crippen LogP contribution in [-0.4, -0.2) is 5.91 Å². The Balaban J connectivity index is 1.55. The lowest BCUT2D eigenvalue weighted by molar-refractivity contribution is -0.116. The third kappa shape index (κ3) is 5.14. The first-order chi connectivity index (χ1) is 12.6. The summed E-state index contributed by atoms with van der Waals surface area (Å²) in [7, 11) is 0. The second-order valence-corrected chi connectivity index (χ2v) is 5.76. The van der Waals surface area contributed by atoms with Gasteiger partial charge in [-0.1, -0.05) is 12.1 Å². The zero-order valence-corrected chi connectivity index (χ0v) is 13.9. The summed E-state index contributed by atoms with van der Waals surface area (Å²) in [5, 5.41) is 2.73. The van der Waals surface area contributed by atoms with Gasteiger partial charge in [-0.2, -0.15) is 0 Å². The van der Waals surface area contributed by atoms with Crippen molar-refractivity contribution in [3.8, 4) is 11.5 Å². The summed E-state index contributed by atoms with van der Waals surface area (Å²) in [6, 6.07) is 18.8. The molecular weight excluding hydrogens is 336 g/mol. The molecule has 132 valence electrons. The average molecular weight is 353 g/mol. The molecule has 0 saturated heterocycles. The Bertz CT molecular complexity index is 877. The zero-order valence-electron chi connectivity index (χ0n) is 13.9. The van der Waals surface area contributed by atoms with Gasteiger partial charge in [0.15, 0.2) is 0 Å². The maximum Gasteiger partial charge on any atom is 0.224 e. The molecule has 0 aromatic heterocycles. The van der Waals surface area contributed by atoms with Gasteiger partial charge in [-0.05, 0) is 72.6 Å². The number of anilines is 1. The smallest absolute Gasteiger partial charge is 0.224 e. The van der Waals surface area contributed by atoms with Crippen molar-refractivity contribution in [1.82, 2.24) is 0 Å². The first kappa shape index (κ1) is 17.6. The van der Waals surface area contributed by atoms with E-state index < -0.39 is 0 Å². The maximum absolute atomic E-state index is 12.9. The molecule has 0 atom stereocenters. The van der Waals surface area contributed by atoms with Crippen LogP contribution in [0.25, 0.3) is 0 Å². The molecule has 3 aromatic rings. The molecule has 3 rings (SSSR count). The number of halogens is 2. The standard InChI is InChI=1S/C21H17F2NO2/c22-16-5-9-18(10-6-16)24-21(25)13-4-15-2-1-3-20(14-15)26-19-11-7-17(23)8-12-19/h1-3,5-12,14H,4,13H2,(H,24,25).